The molecule has 0 aliphatic carbocycles. The number of hydrogen-bond donors (Lipinski definition) is 1. The number of nitrogens with one attached hydrogen (secondary N) is 1. The third-order valence-corrected chi connectivity index (χ3v) is 5.44. The molecule has 11 heteroatoms. The van der Waals surface area contributed by atoms with Gasteiger partial charge in [-0.2, -0.15) is 18.2 Å². The van der Waals surface area contributed by atoms with Gasteiger partial charge < -0.3 is 14.8 Å². The van der Waals surface area contributed by atoms with E-state index >= 15 is 0 Å². The van der Waals surface area contributed by atoms with Crippen molar-refractivity contribution in [1.82, 2.24) is 24.4 Å². The predicted octanol–water partition coefficient (Wildman–Crippen LogP) is 4.11. The van der Waals surface area contributed by atoms with E-state index in [0.29, 0.717) is 29.7 Å². The Morgan fingerprint density at radius 1 is 1.16 bits per heavy atom. The van der Waals surface area contributed by atoms with Gasteiger partial charge in [0.25, 0.3) is 0 Å². The number of nitrogens with zero attached hydrogens (tertiary/aromatic N) is 6. The zero-order valence-electron chi connectivity index (χ0n) is 17.7. The molecule has 1 aromatic carbocycles. The maximum absolute atomic E-state index is 12.8. The standard InChI is InChI=1S/C21H22F3N7O/c1-13-10-31(20(32)29(13)3)18-8-9-25-19(28-18)27-14(2)17-11-30(12-26-17)16-6-4-15(5-7-16)21(22,23)24/h4-9,11-14H,10H2,1-3H3,(H,25,27,28). The number of alkyl halides is 3. The lowest BCUT2D eigenvalue weighted by Gasteiger charge is -2.17. The van der Waals surface area contributed by atoms with E-state index in [1.807, 2.05) is 13.8 Å². The van der Waals surface area contributed by atoms with Gasteiger partial charge in [-0.3, -0.25) is 4.90 Å². The van der Waals surface area contributed by atoms with Crippen LogP contribution >= 0.6 is 0 Å². The Kier molecular flexibility index (Phi) is 5.49. The van der Waals surface area contributed by atoms with E-state index in [9.17, 15) is 18.0 Å². The van der Waals surface area contributed by atoms with Crippen LogP contribution in [0, 0.1) is 0 Å². The molecule has 0 spiro atoms. The highest BCUT2D eigenvalue weighted by molar-refractivity contribution is 5.93. The Morgan fingerprint density at radius 2 is 1.88 bits per heavy atom. The van der Waals surface area contributed by atoms with Crippen molar-refractivity contribution in [3.8, 4) is 5.69 Å². The number of anilines is 2. The van der Waals surface area contributed by atoms with Crippen molar-refractivity contribution in [3.63, 3.8) is 0 Å². The number of imidazole rings is 1. The van der Waals surface area contributed by atoms with E-state index in [1.54, 1.807) is 39.9 Å². The molecule has 2 unspecified atom stereocenters. The van der Waals surface area contributed by atoms with Gasteiger partial charge in [-0.25, -0.2) is 14.8 Å². The molecule has 3 aromatic rings. The van der Waals surface area contributed by atoms with Gasteiger partial charge in [0.15, 0.2) is 0 Å². The van der Waals surface area contributed by atoms with E-state index in [2.05, 4.69) is 20.3 Å². The van der Waals surface area contributed by atoms with Crippen molar-refractivity contribution in [1.29, 1.82) is 0 Å². The van der Waals surface area contributed by atoms with Gasteiger partial charge in [-0.15, -0.1) is 0 Å². The van der Waals surface area contributed by atoms with Gasteiger partial charge >= 0.3 is 12.2 Å². The summed E-state index contributed by atoms with van der Waals surface area (Å²) in [5.74, 6) is 0.847. The molecule has 4 rings (SSSR count). The summed E-state index contributed by atoms with van der Waals surface area (Å²) in [6, 6.07) is 6.22. The lowest BCUT2D eigenvalue weighted by Crippen LogP contribution is -2.30. The fourth-order valence-corrected chi connectivity index (χ4v) is 3.40. The predicted molar refractivity (Wildman–Crippen MR) is 113 cm³/mol. The first-order valence-corrected chi connectivity index (χ1v) is 9.99. The Morgan fingerprint density at radius 3 is 2.50 bits per heavy atom. The first kappa shape index (κ1) is 21.6. The largest absolute Gasteiger partial charge is 0.416 e. The third-order valence-electron chi connectivity index (χ3n) is 5.44. The van der Waals surface area contributed by atoms with Crippen LogP contribution in [0.2, 0.25) is 0 Å². The van der Waals surface area contributed by atoms with E-state index in [0.717, 1.165) is 12.1 Å². The number of amides is 2. The topological polar surface area (TPSA) is 79.2 Å². The van der Waals surface area contributed by atoms with Crippen molar-refractivity contribution >= 4 is 17.8 Å². The smallest absolute Gasteiger partial charge is 0.346 e. The molecule has 1 aliphatic rings. The normalized spacial score (nSPS) is 17.7. The molecule has 1 N–H and O–H groups in total. The average molecular weight is 445 g/mol. The maximum Gasteiger partial charge on any atom is 0.416 e. The van der Waals surface area contributed by atoms with Crippen LogP contribution in [0.5, 0.6) is 0 Å². The van der Waals surface area contributed by atoms with Crippen LogP contribution in [0.4, 0.5) is 29.7 Å². The molecule has 2 atom stereocenters. The van der Waals surface area contributed by atoms with E-state index in [1.165, 1.54) is 18.5 Å². The number of aromatic nitrogens is 4. The summed E-state index contributed by atoms with van der Waals surface area (Å²) in [5.41, 5.74) is 0.517. The second-order valence-electron chi connectivity index (χ2n) is 7.71. The molecule has 1 saturated heterocycles. The zero-order chi connectivity index (χ0) is 23.0. The van der Waals surface area contributed by atoms with E-state index in [4.69, 9.17) is 0 Å². The molecule has 1 fully saturated rings. The molecule has 0 saturated carbocycles. The summed E-state index contributed by atoms with van der Waals surface area (Å²) in [5, 5.41) is 3.15. The van der Waals surface area contributed by atoms with Gasteiger partial charge in [0.05, 0.1) is 23.6 Å². The molecule has 8 nitrogen and oxygen atoms in total. The molecular weight excluding hydrogens is 423 g/mol. The highest BCUT2D eigenvalue weighted by Crippen LogP contribution is 2.30. The molecule has 1 aliphatic heterocycles. The van der Waals surface area contributed by atoms with Crippen LogP contribution in [0.1, 0.15) is 31.1 Å². The number of urea groups is 1. The fraction of sp³-hybridized carbons (Fsp3) is 0.333. The number of hydrogen-bond acceptors (Lipinski definition) is 5. The lowest BCUT2D eigenvalue weighted by atomic mass is 10.2. The Balaban J connectivity index is 1.47. The summed E-state index contributed by atoms with van der Waals surface area (Å²) in [6.45, 7) is 4.37. The van der Waals surface area contributed by atoms with Crippen molar-refractivity contribution in [2.24, 2.45) is 0 Å². The molecular formula is C21H22F3N7O. The molecule has 168 valence electrons. The summed E-state index contributed by atoms with van der Waals surface area (Å²) in [6.07, 6.45) is 0.464. The molecule has 0 radical (unpaired) electrons. The van der Waals surface area contributed by atoms with Crippen molar-refractivity contribution in [3.05, 3.63) is 60.3 Å². The van der Waals surface area contributed by atoms with E-state index in [-0.39, 0.29) is 18.1 Å². The van der Waals surface area contributed by atoms with Crippen molar-refractivity contribution in [2.75, 3.05) is 23.8 Å². The van der Waals surface area contributed by atoms with Crippen LogP contribution in [0.15, 0.2) is 49.1 Å². The van der Waals surface area contributed by atoms with Crippen LogP contribution in [-0.2, 0) is 6.18 Å². The summed E-state index contributed by atoms with van der Waals surface area (Å²) < 4.78 is 39.9. The van der Waals surface area contributed by atoms with Gasteiger partial charge in [0.2, 0.25) is 5.95 Å². The Labute approximate surface area is 182 Å². The van der Waals surface area contributed by atoms with Crippen LogP contribution in [0.3, 0.4) is 0 Å². The minimum atomic E-state index is -4.38. The minimum Gasteiger partial charge on any atom is -0.346 e. The molecule has 2 aromatic heterocycles. The second-order valence-corrected chi connectivity index (χ2v) is 7.71. The van der Waals surface area contributed by atoms with Crippen molar-refractivity contribution < 1.29 is 18.0 Å². The number of carbonyl (C=O) groups is 1. The second kappa shape index (κ2) is 8.13. The van der Waals surface area contributed by atoms with Crippen LogP contribution in [0.25, 0.3) is 5.69 Å². The maximum atomic E-state index is 12.8. The van der Waals surface area contributed by atoms with Gasteiger partial charge in [-0.05, 0) is 44.2 Å². The lowest BCUT2D eigenvalue weighted by molar-refractivity contribution is -0.137. The third kappa shape index (κ3) is 4.23. The number of likely N-dealkylation sites (N-methyl/N-ethyl adjacent to an activating group) is 1. The summed E-state index contributed by atoms with van der Waals surface area (Å²) >= 11 is 0. The van der Waals surface area contributed by atoms with Crippen LogP contribution in [-0.4, -0.2) is 50.1 Å². The first-order chi connectivity index (χ1) is 15.1. The number of benzene rings is 1. The molecule has 2 amide bonds. The highest BCUT2D eigenvalue weighted by atomic mass is 19.4. The van der Waals surface area contributed by atoms with E-state index < -0.39 is 11.7 Å². The molecule has 0 bridgehead atoms. The first-order valence-electron chi connectivity index (χ1n) is 9.99. The zero-order valence-corrected chi connectivity index (χ0v) is 17.7. The molecule has 3 heterocycles. The Bertz CT molecular complexity index is 1110. The Hall–Kier alpha value is -3.63. The summed E-state index contributed by atoms with van der Waals surface area (Å²) in [7, 11) is 1.75. The minimum absolute atomic E-state index is 0.0851. The van der Waals surface area contributed by atoms with Crippen LogP contribution < -0.4 is 10.2 Å². The van der Waals surface area contributed by atoms with Crippen molar-refractivity contribution in [2.45, 2.75) is 32.1 Å². The van der Waals surface area contributed by atoms with Gasteiger partial charge in [0.1, 0.15) is 5.82 Å². The fourth-order valence-electron chi connectivity index (χ4n) is 3.40. The quantitative estimate of drug-likeness (QED) is 0.639. The summed E-state index contributed by atoms with van der Waals surface area (Å²) in [4.78, 5) is 28.7. The number of carbonyl (C=O) groups excluding carboxylic acids is 1. The molecule has 32 heavy (non-hydrogen) atoms. The number of rotatable bonds is 5. The monoisotopic (exact) mass is 445 g/mol. The average Bonchev–Trinajstić information content (AvgIpc) is 3.35. The van der Waals surface area contributed by atoms with Gasteiger partial charge in [0, 0.05) is 37.7 Å². The van der Waals surface area contributed by atoms with Gasteiger partial charge in [-0.1, -0.05) is 0 Å². The SMILES string of the molecule is CC(Nc1nccc(N2CC(C)N(C)C2=O)n1)c1cn(-c2ccc(C(F)(F)F)cc2)cn1. The highest BCUT2D eigenvalue weighted by Gasteiger charge is 2.33. The number of halogens is 3.